The van der Waals surface area contributed by atoms with Crippen LogP contribution >= 0.6 is 0 Å². The average Bonchev–Trinajstić information content (AvgIpc) is 2.17. The Hall–Kier alpha value is -0.930. The zero-order valence-electron chi connectivity index (χ0n) is 10.3. The van der Waals surface area contributed by atoms with E-state index in [1.807, 2.05) is 20.8 Å². The van der Waals surface area contributed by atoms with Gasteiger partial charge in [0.2, 0.25) is 0 Å². The molecule has 0 aliphatic carbocycles. The van der Waals surface area contributed by atoms with Crippen molar-refractivity contribution in [2.45, 2.75) is 39.3 Å². The number of β-amino-alcohol motifs (C(OH)–C–C–N with tert-alkyl or cyclic N) is 1. The van der Waals surface area contributed by atoms with Gasteiger partial charge in [-0.3, -0.25) is 0 Å². The predicted molar refractivity (Wildman–Crippen MR) is 63.9 cm³/mol. The molecule has 0 spiro atoms. The van der Waals surface area contributed by atoms with Gasteiger partial charge in [-0.2, -0.15) is 0 Å². The van der Waals surface area contributed by atoms with Crippen LogP contribution in [-0.4, -0.2) is 17.2 Å². The lowest BCUT2D eigenvalue weighted by molar-refractivity contribution is 0.163. The maximum absolute atomic E-state index is 13.0. The number of rotatable bonds is 3. The van der Waals surface area contributed by atoms with Gasteiger partial charge < -0.3 is 10.4 Å². The Kier molecular flexibility index (Phi) is 4.05. The Balaban J connectivity index is 2.66. The molecule has 16 heavy (non-hydrogen) atoms. The summed E-state index contributed by atoms with van der Waals surface area (Å²) >= 11 is 0. The largest absolute Gasteiger partial charge is 0.387 e. The van der Waals surface area contributed by atoms with Gasteiger partial charge >= 0.3 is 0 Å². The Morgan fingerprint density at radius 1 is 1.38 bits per heavy atom. The van der Waals surface area contributed by atoms with Gasteiger partial charge in [0, 0.05) is 12.1 Å². The second-order valence-electron chi connectivity index (χ2n) is 5.16. The number of hydrogen-bond acceptors (Lipinski definition) is 2. The van der Waals surface area contributed by atoms with E-state index in [4.69, 9.17) is 0 Å². The van der Waals surface area contributed by atoms with Crippen LogP contribution in [0.4, 0.5) is 4.39 Å². The van der Waals surface area contributed by atoms with E-state index in [-0.39, 0.29) is 11.4 Å². The minimum Gasteiger partial charge on any atom is -0.387 e. The third-order valence-electron chi connectivity index (χ3n) is 2.39. The first-order valence-corrected chi connectivity index (χ1v) is 5.49. The zero-order valence-corrected chi connectivity index (χ0v) is 10.3. The van der Waals surface area contributed by atoms with Gasteiger partial charge in [0.05, 0.1) is 6.10 Å². The summed E-state index contributed by atoms with van der Waals surface area (Å²) in [5, 5.41) is 13.1. The van der Waals surface area contributed by atoms with Crippen LogP contribution in [0, 0.1) is 12.7 Å². The monoisotopic (exact) mass is 225 g/mol. The fourth-order valence-electron chi connectivity index (χ4n) is 1.40. The van der Waals surface area contributed by atoms with Crippen LogP contribution in [0.3, 0.4) is 0 Å². The number of aliphatic hydroxyl groups excluding tert-OH is 1. The molecular formula is C13H20FNO. The lowest BCUT2D eigenvalue weighted by atomic mass is 10.0. The Morgan fingerprint density at radius 3 is 2.50 bits per heavy atom. The molecule has 1 unspecified atom stereocenters. The quantitative estimate of drug-likeness (QED) is 0.828. The summed E-state index contributed by atoms with van der Waals surface area (Å²) in [5.41, 5.74) is 1.28. The SMILES string of the molecule is Cc1cc(C(O)CNC(C)(C)C)ccc1F. The molecule has 90 valence electrons. The van der Waals surface area contributed by atoms with Gasteiger partial charge in [-0.1, -0.05) is 12.1 Å². The summed E-state index contributed by atoms with van der Waals surface area (Å²) in [6, 6.07) is 4.70. The van der Waals surface area contributed by atoms with Crippen LogP contribution in [0.5, 0.6) is 0 Å². The van der Waals surface area contributed by atoms with E-state index in [1.54, 1.807) is 19.1 Å². The van der Waals surface area contributed by atoms with Crippen LogP contribution in [0.1, 0.15) is 38.0 Å². The summed E-state index contributed by atoms with van der Waals surface area (Å²) < 4.78 is 13.0. The van der Waals surface area contributed by atoms with E-state index in [0.717, 1.165) is 5.56 Å². The molecule has 0 aromatic heterocycles. The summed E-state index contributed by atoms with van der Waals surface area (Å²) in [5.74, 6) is -0.236. The number of hydrogen-bond donors (Lipinski definition) is 2. The van der Waals surface area contributed by atoms with Crippen molar-refractivity contribution >= 4 is 0 Å². The summed E-state index contributed by atoms with van der Waals surface area (Å²) in [6.07, 6.45) is -0.599. The Bertz CT molecular complexity index is 357. The highest BCUT2D eigenvalue weighted by molar-refractivity contribution is 5.25. The number of halogens is 1. The minimum atomic E-state index is -0.599. The molecule has 0 heterocycles. The van der Waals surface area contributed by atoms with Crippen LogP contribution in [-0.2, 0) is 0 Å². The summed E-state index contributed by atoms with van der Waals surface area (Å²) in [7, 11) is 0. The van der Waals surface area contributed by atoms with E-state index in [2.05, 4.69) is 5.32 Å². The molecule has 0 radical (unpaired) electrons. The second-order valence-corrected chi connectivity index (χ2v) is 5.16. The minimum absolute atomic E-state index is 0.0317. The van der Waals surface area contributed by atoms with Crippen molar-refractivity contribution in [3.63, 3.8) is 0 Å². The Labute approximate surface area is 96.5 Å². The van der Waals surface area contributed by atoms with E-state index in [1.165, 1.54) is 6.07 Å². The average molecular weight is 225 g/mol. The summed E-state index contributed by atoms with van der Waals surface area (Å²) in [4.78, 5) is 0. The van der Waals surface area contributed by atoms with Crippen molar-refractivity contribution in [3.8, 4) is 0 Å². The molecule has 0 saturated heterocycles. The molecule has 1 rings (SSSR count). The van der Waals surface area contributed by atoms with Crippen molar-refractivity contribution in [2.24, 2.45) is 0 Å². The first kappa shape index (κ1) is 13.1. The molecule has 2 N–H and O–H groups in total. The first-order chi connectivity index (χ1) is 7.29. The van der Waals surface area contributed by atoms with Crippen molar-refractivity contribution < 1.29 is 9.50 Å². The van der Waals surface area contributed by atoms with Crippen molar-refractivity contribution in [2.75, 3.05) is 6.54 Å². The van der Waals surface area contributed by atoms with Crippen LogP contribution in [0.15, 0.2) is 18.2 Å². The fraction of sp³-hybridized carbons (Fsp3) is 0.538. The molecule has 0 aliphatic heterocycles. The maximum Gasteiger partial charge on any atom is 0.126 e. The van der Waals surface area contributed by atoms with Gasteiger partial charge in [0.25, 0.3) is 0 Å². The highest BCUT2D eigenvalue weighted by Crippen LogP contribution is 2.16. The van der Waals surface area contributed by atoms with Crippen LogP contribution in [0.25, 0.3) is 0 Å². The molecule has 0 fully saturated rings. The van der Waals surface area contributed by atoms with Gasteiger partial charge in [-0.25, -0.2) is 4.39 Å². The molecule has 0 aliphatic rings. The molecule has 0 saturated carbocycles. The Morgan fingerprint density at radius 2 is 2.00 bits per heavy atom. The molecule has 1 aromatic rings. The standard InChI is InChI=1S/C13H20FNO/c1-9-7-10(5-6-11(9)14)12(16)8-15-13(2,3)4/h5-7,12,15-16H,8H2,1-4H3. The number of nitrogens with one attached hydrogen (secondary N) is 1. The van der Waals surface area contributed by atoms with Gasteiger partial charge in [0.15, 0.2) is 0 Å². The lowest BCUT2D eigenvalue weighted by Crippen LogP contribution is -2.38. The van der Waals surface area contributed by atoms with E-state index >= 15 is 0 Å². The molecule has 0 bridgehead atoms. The van der Waals surface area contributed by atoms with Crippen LogP contribution in [0.2, 0.25) is 0 Å². The second kappa shape index (κ2) is 4.93. The molecule has 0 amide bonds. The lowest BCUT2D eigenvalue weighted by Gasteiger charge is -2.23. The molecule has 2 nitrogen and oxygen atoms in total. The van der Waals surface area contributed by atoms with Crippen LogP contribution < -0.4 is 5.32 Å². The molecule has 3 heteroatoms. The predicted octanol–water partition coefficient (Wildman–Crippen LogP) is 2.56. The number of aryl methyl sites for hydroxylation is 1. The highest BCUT2D eigenvalue weighted by Gasteiger charge is 2.14. The normalized spacial score (nSPS) is 13.9. The third kappa shape index (κ3) is 3.91. The van der Waals surface area contributed by atoms with Gasteiger partial charge in [-0.05, 0) is 44.9 Å². The fourth-order valence-corrected chi connectivity index (χ4v) is 1.40. The van der Waals surface area contributed by atoms with E-state index in [9.17, 15) is 9.50 Å². The number of benzene rings is 1. The smallest absolute Gasteiger partial charge is 0.126 e. The zero-order chi connectivity index (χ0) is 12.3. The highest BCUT2D eigenvalue weighted by atomic mass is 19.1. The van der Waals surface area contributed by atoms with Gasteiger partial charge in [-0.15, -0.1) is 0 Å². The molecule has 1 aromatic carbocycles. The third-order valence-corrected chi connectivity index (χ3v) is 2.39. The topological polar surface area (TPSA) is 32.3 Å². The van der Waals surface area contributed by atoms with Crippen molar-refractivity contribution in [3.05, 3.63) is 35.1 Å². The number of aliphatic hydroxyl groups is 1. The van der Waals surface area contributed by atoms with Gasteiger partial charge in [0.1, 0.15) is 5.82 Å². The molecular weight excluding hydrogens is 205 g/mol. The summed E-state index contributed by atoms with van der Waals surface area (Å²) in [6.45, 7) is 8.28. The van der Waals surface area contributed by atoms with E-state index in [0.29, 0.717) is 12.1 Å². The maximum atomic E-state index is 13.0. The molecule has 1 atom stereocenters. The van der Waals surface area contributed by atoms with Crippen molar-refractivity contribution in [1.29, 1.82) is 0 Å². The van der Waals surface area contributed by atoms with Crippen molar-refractivity contribution in [1.82, 2.24) is 5.32 Å². The first-order valence-electron chi connectivity index (χ1n) is 5.49. The van der Waals surface area contributed by atoms with E-state index < -0.39 is 6.10 Å².